The third-order valence-electron chi connectivity index (χ3n) is 3.65. The zero-order valence-electron chi connectivity index (χ0n) is 11.7. The number of hydrogen-bond donors (Lipinski definition) is 3. The molecule has 2 atom stereocenters. The number of hydrogen-bond acceptors (Lipinski definition) is 4. The Bertz CT molecular complexity index is 599. The Balaban J connectivity index is 2.10. The first-order chi connectivity index (χ1) is 9.88. The van der Waals surface area contributed by atoms with Gasteiger partial charge in [0.2, 0.25) is 10.0 Å². The number of nitrogens with one attached hydrogen (secondary N) is 1. The summed E-state index contributed by atoms with van der Waals surface area (Å²) in [4.78, 5) is 0.557. The maximum absolute atomic E-state index is 12.3. The van der Waals surface area contributed by atoms with Crippen LogP contribution < -0.4 is 10.5 Å². The van der Waals surface area contributed by atoms with Crippen LogP contribution in [0.25, 0.3) is 0 Å². The molecule has 2 rings (SSSR count). The molecule has 0 aliphatic heterocycles. The first-order valence-electron chi connectivity index (χ1n) is 6.96. The summed E-state index contributed by atoms with van der Waals surface area (Å²) in [6.07, 6.45) is 3.01. The molecule has 7 heteroatoms. The van der Waals surface area contributed by atoms with Gasteiger partial charge in [0, 0.05) is 12.5 Å². The van der Waals surface area contributed by atoms with E-state index in [1.807, 2.05) is 0 Å². The highest BCUT2D eigenvalue weighted by atomic mass is 32.2. The second-order valence-electron chi connectivity index (χ2n) is 5.37. The lowest BCUT2D eigenvalue weighted by Gasteiger charge is -2.28. The van der Waals surface area contributed by atoms with E-state index in [2.05, 4.69) is 4.72 Å². The van der Waals surface area contributed by atoms with E-state index in [0.29, 0.717) is 24.3 Å². The van der Waals surface area contributed by atoms with Crippen molar-refractivity contribution in [3.8, 4) is 0 Å². The van der Waals surface area contributed by atoms with Gasteiger partial charge in [0.1, 0.15) is 0 Å². The van der Waals surface area contributed by atoms with E-state index < -0.39 is 22.2 Å². The van der Waals surface area contributed by atoms with Gasteiger partial charge in [-0.05, 0) is 30.5 Å². The largest absolute Gasteiger partial charge is 0.393 e. The summed E-state index contributed by atoms with van der Waals surface area (Å²) < 4.78 is 27.2. The minimum atomic E-state index is -3.61. The Morgan fingerprint density at radius 1 is 1.29 bits per heavy atom. The van der Waals surface area contributed by atoms with Crippen LogP contribution >= 0.6 is 12.2 Å². The Labute approximate surface area is 130 Å². The van der Waals surface area contributed by atoms with Crippen LogP contribution in [0.4, 0.5) is 0 Å². The summed E-state index contributed by atoms with van der Waals surface area (Å²) in [6, 6.07) is 6.06. The summed E-state index contributed by atoms with van der Waals surface area (Å²) in [5.74, 6) is 0. The Morgan fingerprint density at radius 3 is 2.48 bits per heavy atom. The molecular formula is C14H20N2O3S2. The average Bonchev–Trinajstić information content (AvgIpc) is 2.41. The normalized spacial score (nSPS) is 22.9. The van der Waals surface area contributed by atoms with Gasteiger partial charge < -0.3 is 10.8 Å². The number of nitrogens with two attached hydrogens (primary N) is 1. The van der Waals surface area contributed by atoms with E-state index in [9.17, 15) is 13.5 Å². The molecule has 1 aromatic carbocycles. The molecule has 1 aliphatic carbocycles. The van der Waals surface area contributed by atoms with Crippen molar-refractivity contribution in [1.29, 1.82) is 0 Å². The fraction of sp³-hybridized carbons (Fsp3) is 0.500. The number of aliphatic hydroxyl groups excluding tert-OH is 1. The lowest BCUT2D eigenvalue weighted by atomic mass is 9.93. The molecule has 1 saturated carbocycles. The Hall–Kier alpha value is -1.02. The topological polar surface area (TPSA) is 92.4 Å². The summed E-state index contributed by atoms with van der Waals surface area (Å²) in [5.41, 5.74) is 6.33. The summed E-state index contributed by atoms with van der Waals surface area (Å²) >= 11 is 4.82. The van der Waals surface area contributed by atoms with Crippen LogP contribution in [0.2, 0.25) is 0 Å². The van der Waals surface area contributed by atoms with Crippen LogP contribution in [-0.2, 0) is 16.4 Å². The van der Waals surface area contributed by atoms with Crippen molar-refractivity contribution >= 4 is 27.2 Å². The quantitative estimate of drug-likeness (QED) is 0.704. The second-order valence-corrected chi connectivity index (χ2v) is 7.60. The smallest absolute Gasteiger partial charge is 0.240 e. The zero-order valence-corrected chi connectivity index (χ0v) is 13.3. The summed E-state index contributed by atoms with van der Waals surface area (Å²) in [7, 11) is -3.61. The van der Waals surface area contributed by atoms with Crippen molar-refractivity contribution in [2.45, 2.75) is 49.1 Å². The van der Waals surface area contributed by atoms with E-state index in [4.69, 9.17) is 18.0 Å². The van der Waals surface area contributed by atoms with Gasteiger partial charge >= 0.3 is 0 Å². The monoisotopic (exact) mass is 328 g/mol. The van der Waals surface area contributed by atoms with E-state index in [1.165, 1.54) is 12.1 Å². The van der Waals surface area contributed by atoms with Gasteiger partial charge in [-0.3, -0.25) is 0 Å². The van der Waals surface area contributed by atoms with Crippen molar-refractivity contribution in [3.63, 3.8) is 0 Å². The minimum Gasteiger partial charge on any atom is -0.393 e. The average molecular weight is 328 g/mol. The van der Waals surface area contributed by atoms with Gasteiger partial charge in [0.05, 0.1) is 16.0 Å². The van der Waals surface area contributed by atoms with Gasteiger partial charge in [0.15, 0.2) is 0 Å². The Kier molecular flexibility index (Phi) is 5.32. The maximum atomic E-state index is 12.3. The number of thiocarbonyl (C=S) groups is 1. The van der Waals surface area contributed by atoms with E-state index >= 15 is 0 Å². The zero-order chi connectivity index (χ0) is 15.5. The van der Waals surface area contributed by atoms with E-state index in [0.717, 1.165) is 18.4 Å². The minimum absolute atomic E-state index is 0.187. The van der Waals surface area contributed by atoms with Crippen LogP contribution in [-0.4, -0.2) is 30.7 Å². The maximum Gasteiger partial charge on any atom is 0.240 e. The SMILES string of the molecule is NC(=S)Cc1ccc(S(=O)(=O)NC2CCCCC2O)cc1. The molecular weight excluding hydrogens is 308 g/mol. The molecule has 4 N–H and O–H groups in total. The molecule has 1 fully saturated rings. The van der Waals surface area contributed by atoms with Gasteiger partial charge in [-0.2, -0.15) is 0 Å². The number of rotatable bonds is 5. The molecule has 0 heterocycles. The lowest BCUT2D eigenvalue weighted by molar-refractivity contribution is 0.101. The van der Waals surface area contributed by atoms with Crippen LogP contribution in [0.1, 0.15) is 31.2 Å². The molecule has 5 nitrogen and oxygen atoms in total. The van der Waals surface area contributed by atoms with Crippen molar-refractivity contribution in [3.05, 3.63) is 29.8 Å². The molecule has 1 aromatic rings. The van der Waals surface area contributed by atoms with Crippen molar-refractivity contribution in [2.75, 3.05) is 0 Å². The van der Waals surface area contributed by atoms with Crippen LogP contribution in [0.3, 0.4) is 0 Å². The third-order valence-corrected chi connectivity index (χ3v) is 5.30. The predicted octanol–water partition coefficient (Wildman–Crippen LogP) is 1.10. The van der Waals surface area contributed by atoms with Gasteiger partial charge in [-0.15, -0.1) is 0 Å². The third kappa shape index (κ3) is 4.47. The van der Waals surface area contributed by atoms with E-state index in [-0.39, 0.29) is 4.90 Å². The van der Waals surface area contributed by atoms with Gasteiger partial charge in [-0.25, -0.2) is 13.1 Å². The molecule has 21 heavy (non-hydrogen) atoms. The van der Waals surface area contributed by atoms with E-state index in [1.54, 1.807) is 12.1 Å². The summed E-state index contributed by atoms with van der Waals surface area (Å²) in [6.45, 7) is 0. The molecule has 0 saturated heterocycles. The second kappa shape index (κ2) is 6.83. The fourth-order valence-corrected chi connectivity index (χ4v) is 3.97. The molecule has 0 radical (unpaired) electrons. The first kappa shape index (κ1) is 16.4. The number of aliphatic hydroxyl groups is 1. The molecule has 0 spiro atoms. The van der Waals surface area contributed by atoms with Crippen LogP contribution in [0.15, 0.2) is 29.2 Å². The molecule has 1 aliphatic rings. The van der Waals surface area contributed by atoms with Crippen molar-refractivity contribution in [2.24, 2.45) is 5.73 Å². The molecule has 116 valence electrons. The van der Waals surface area contributed by atoms with Crippen LogP contribution in [0, 0.1) is 0 Å². The number of benzene rings is 1. The van der Waals surface area contributed by atoms with Crippen molar-refractivity contribution < 1.29 is 13.5 Å². The molecule has 0 bridgehead atoms. The van der Waals surface area contributed by atoms with Crippen LogP contribution in [0.5, 0.6) is 0 Å². The predicted molar refractivity (Wildman–Crippen MR) is 85.5 cm³/mol. The highest BCUT2D eigenvalue weighted by Crippen LogP contribution is 2.21. The van der Waals surface area contributed by atoms with Gasteiger partial charge in [-0.1, -0.05) is 37.2 Å². The lowest BCUT2D eigenvalue weighted by Crippen LogP contribution is -2.44. The van der Waals surface area contributed by atoms with Gasteiger partial charge in [0.25, 0.3) is 0 Å². The first-order valence-corrected chi connectivity index (χ1v) is 8.85. The standard InChI is InChI=1S/C14H20N2O3S2/c15-14(20)9-10-5-7-11(8-6-10)21(18,19)16-12-3-1-2-4-13(12)17/h5-8,12-13,16-17H,1-4,9H2,(H2,15,20). The molecule has 0 amide bonds. The fourth-order valence-electron chi connectivity index (χ4n) is 2.50. The molecule has 2 unspecified atom stereocenters. The highest BCUT2D eigenvalue weighted by molar-refractivity contribution is 7.89. The molecule has 0 aromatic heterocycles. The Morgan fingerprint density at radius 2 is 1.90 bits per heavy atom. The highest BCUT2D eigenvalue weighted by Gasteiger charge is 2.27. The number of sulfonamides is 1. The van der Waals surface area contributed by atoms with Crippen molar-refractivity contribution in [1.82, 2.24) is 4.72 Å². The summed E-state index contributed by atoms with van der Waals surface area (Å²) in [5, 5.41) is 9.87.